The number of para-hydroxylation sites is 2. The predicted molar refractivity (Wildman–Crippen MR) is 178 cm³/mol. The number of nitrogens with one attached hydrogen (secondary N) is 2. The van der Waals surface area contributed by atoms with Crippen LogP contribution in [0, 0.1) is 0 Å². The summed E-state index contributed by atoms with van der Waals surface area (Å²) in [6.07, 6.45) is 2.81. The number of carbonyl (C=O) groups is 5. The summed E-state index contributed by atoms with van der Waals surface area (Å²) >= 11 is 2.51. The molecule has 1 saturated heterocycles. The number of β-lactam (4-membered cyclic amide) rings is 1. The van der Waals surface area contributed by atoms with Crippen molar-refractivity contribution in [3.05, 3.63) is 113 Å². The molecule has 15 heteroatoms. The molecule has 0 bridgehead atoms. The smallest absolute Gasteiger partial charge is 0.543 e. The molecule has 0 radical (unpaired) electrons. The van der Waals surface area contributed by atoms with Gasteiger partial charge in [-0.25, -0.2) is 9.78 Å². The van der Waals surface area contributed by atoms with E-state index in [0.29, 0.717) is 27.5 Å². The van der Waals surface area contributed by atoms with Crippen LogP contribution in [-0.2, 0) is 19.2 Å². The summed E-state index contributed by atoms with van der Waals surface area (Å²) in [4.78, 5) is 71.4. The third kappa shape index (κ3) is 7.94. The first-order valence-corrected chi connectivity index (χ1v) is 16.8. The number of carboxylic acid groups (broad SMARTS) is 1. The number of carboxylic acids is 1. The minimum atomic E-state index is -1.50. The number of oxazole rings is 1. The number of thioether (sulfide) groups is 2. The molecule has 12 nitrogen and oxygen atoms in total. The van der Waals surface area contributed by atoms with E-state index in [-0.39, 0.29) is 46.8 Å². The van der Waals surface area contributed by atoms with Crippen molar-refractivity contribution >= 4 is 70.4 Å². The maximum absolute atomic E-state index is 13.6. The zero-order chi connectivity index (χ0) is 33.8. The Hall–Kier alpha value is -4.34. The Morgan fingerprint density at radius 2 is 1.73 bits per heavy atom. The van der Waals surface area contributed by atoms with Gasteiger partial charge in [0.05, 0.1) is 11.7 Å². The number of benzene rings is 3. The van der Waals surface area contributed by atoms with Gasteiger partial charge in [-0.15, -0.1) is 11.8 Å². The summed E-state index contributed by atoms with van der Waals surface area (Å²) in [7, 11) is 1.28. The van der Waals surface area contributed by atoms with Crippen molar-refractivity contribution in [1.82, 2.24) is 25.4 Å². The summed E-state index contributed by atoms with van der Waals surface area (Å²) in [5.74, 6) is -2.98. The summed E-state index contributed by atoms with van der Waals surface area (Å²) in [6, 6.07) is 21.5. The van der Waals surface area contributed by atoms with Crippen LogP contribution in [0.4, 0.5) is 4.79 Å². The number of nitrogens with zero attached hydrogens (tertiary/aromatic N) is 3. The molecule has 0 aliphatic carbocycles. The van der Waals surface area contributed by atoms with Crippen LogP contribution >= 0.6 is 23.5 Å². The molecule has 2 unspecified atom stereocenters. The first-order chi connectivity index (χ1) is 23.2. The minimum Gasteiger partial charge on any atom is -0.543 e. The molecular weight excluding hydrogens is 678 g/mol. The monoisotopic (exact) mass is 705 g/mol. The van der Waals surface area contributed by atoms with Crippen molar-refractivity contribution in [2.75, 3.05) is 18.6 Å². The molecule has 49 heavy (non-hydrogen) atoms. The van der Waals surface area contributed by atoms with Gasteiger partial charge in [-0.1, -0.05) is 84.6 Å². The molecule has 2 N–H and O–H groups in total. The molecule has 0 saturated carbocycles. The maximum Gasteiger partial charge on any atom is 1.00 e. The van der Waals surface area contributed by atoms with Gasteiger partial charge in [0.15, 0.2) is 5.58 Å². The molecule has 244 valence electrons. The topological polar surface area (TPSA) is 165 Å². The fourth-order valence-corrected chi connectivity index (χ4v) is 7.51. The fraction of sp³-hybridized carbons (Fsp3) is 0.176. The summed E-state index contributed by atoms with van der Waals surface area (Å²) in [5, 5.41) is 17.2. The van der Waals surface area contributed by atoms with Crippen LogP contribution in [-0.4, -0.2) is 74.5 Å². The average molecular weight is 706 g/mol. The van der Waals surface area contributed by atoms with Gasteiger partial charge < -0.3 is 25.0 Å². The van der Waals surface area contributed by atoms with Crippen molar-refractivity contribution in [3.63, 3.8) is 0 Å². The van der Waals surface area contributed by atoms with Crippen molar-refractivity contribution in [3.8, 4) is 0 Å². The van der Waals surface area contributed by atoms with E-state index in [1.807, 2.05) is 30.3 Å². The Bertz CT molecular complexity index is 1920. The number of carbonyl (C=O) groups excluding carboxylic acids is 5. The number of urea groups is 1. The molecule has 1 fully saturated rings. The number of imide groups is 1. The summed E-state index contributed by atoms with van der Waals surface area (Å²) in [5.41, 5.74) is 2.68. The van der Waals surface area contributed by atoms with Crippen LogP contribution in [0.1, 0.15) is 17.2 Å². The number of aliphatic carboxylic acids is 1. The van der Waals surface area contributed by atoms with Crippen molar-refractivity contribution < 1.29 is 63.1 Å². The van der Waals surface area contributed by atoms with Crippen molar-refractivity contribution in [1.29, 1.82) is 0 Å². The maximum atomic E-state index is 13.6. The molecule has 3 atom stereocenters. The number of amides is 5. The van der Waals surface area contributed by atoms with E-state index < -0.39 is 47.2 Å². The van der Waals surface area contributed by atoms with Crippen LogP contribution in [0.3, 0.4) is 0 Å². The van der Waals surface area contributed by atoms with E-state index in [0.717, 1.165) is 15.4 Å². The minimum absolute atomic E-state index is 0. The first-order valence-electron chi connectivity index (χ1n) is 14.7. The van der Waals surface area contributed by atoms with Gasteiger partial charge in [-0.2, -0.15) is 0 Å². The Morgan fingerprint density at radius 3 is 2.43 bits per heavy atom. The molecular formula is C34H28N5NaO7S2. The summed E-state index contributed by atoms with van der Waals surface area (Å²) in [6.45, 7) is 0. The van der Waals surface area contributed by atoms with Gasteiger partial charge in [0.25, 0.3) is 17.0 Å². The van der Waals surface area contributed by atoms with Crippen LogP contribution in [0.15, 0.2) is 112 Å². The molecule has 1 aromatic heterocycles. The normalized spacial score (nSPS) is 17.5. The van der Waals surface area contributed by atoms with E-state index >= 15 is 0 Å². The van der Waals surface area contributed by atoms with Crippen LogP contribution in [0.2, 0.25) is 0 Å². The van der Waals surface area contributed by atoms with Crippen molar-refractivity contribution in [2.45, 2.75) is 22.7 Å². The predicted octanol–water partition coefficient (Wildman–Crippen LogP) is -0.0495. The Balaban J connectivity index is 0.00000468. The number of hydrogen-bond donors (Lipinski definition) is 2. The zero-order valence-electron chi connectivity index (χ0n) is 26.4. The van der Waals surface area contributed by atoms with Gasteiger partial charge in [-0.05, 0) is 34.9 Å². The van der Waals surface area contributed by atoms with E-state index in [1.165, 1.54) is 36.6 Å². The molecule has 3 aromatic carbocycles. The van der Waals surface area contributed by atoms with Crippen LogP contribution in [0.5, 0.6) is 0 Å². The fourth-order valence-electron chi connectivity index (χ4n) is 5.19. The molecule has 4 aromatic rings. The standard InChI is InChI=1S/C34H29N5O7S2.Na/c1-38(25(40)17-16-20-10-4-2-5-11-20)33(45)37-26(21-12-6-3-7-13-21)29(41)36-27-30(42)39-28(32(43)44)22(18-47-31(27)39)19-48-34-35-23-14-8-9-15-24(23)46-34;/h2-17,26-27,31H,18-19H2,1H3,(H,36,41)(H,37,45)(H,43,44);/q;+1/p-1/t26?,27?,31-;/m0./s1. The number of rotatable bonds is 10. The van der Waals surface area contributed by atoms with Gasteiger partial charge in [0.2, 0.25) is 5.91 Å². The second kappa shape index (κ2) is 15.9. The molecule has 3 heterocycles. The number of fused-ring (bicyclic) bond motifs is 2. The number of aromatic nitrogens is 1. The number of likely N-dealkylation sites (N-methyl/N-ethyl adjacent to an activating group) is 1. The van der Waals surface area contributed by atoms with E-state index in [9.17, 15) is 29.1 Å². The largest absolute Gasteiger partial charge is 1.00 e. The molecule has 2 aliphatic rings. The third-order valence-corrected chi connectivity index (χ3v) is 9.95. The SMILES string of the molecule is CN(C(=O)C=Cc1ccccc1)C(=O)NC(C(=O)NC1C(=O)N2C(C(=O)[O-])=C(CSc3nc4ccccc4o3)CS[C@@H]12)c1ccccc1.[Na+]. The van der Waals surface area contributed by atoms with Crippen molar-refractivity contribution in [2.24, 2.45) is 0 Å². The first kappa shape index (κ1) is 36.0. The summed E-state index contributed by atoms with van der Waals surface area (Å²) < 4.78 is 5.72. The van der Waals surface area contributed by atoms with Crippen LogP contribution < -0.4 is 45.3 Å². The Labute approximate surface area is 311 Å². The van der Waals surface area contributed by atoms with Gasteiger partial charge in [0.1, 0.15) is 23.0 Å². The molecule has 5 amide bonds. The molecule has 0 spiro atoms. The second-order valence-corrected chi connectivity index (χ2v) is 12.8. The van der Waals surface area contributed by atoms with E-state index in [1.54, 1.807) is 60.7 Å². The van der Waals surface area contributed by atoms with Gasteiger partial charge in [-0.3, -0.25) is 24.2 Å². The third-order valence-electron chi connectivity index (χ3n) is 7.70. The Kier molecular flexibility index (Phi) is 11.7. The molecule has 2 aliphatic heterocycles. The Morgan fingerprint density at radius 1 is 1.06 bits per heavy atom. The molecule has 6 rings (SSSR count). The number of hydrogen-bond acceptors (Lipinski definition) is 10. The zero-order valence-corrected chi connectivity index (χ0v) is 30.0. The van der Waals surface area contributed by atoms with Gasteiger partial charge >= 0.3 is 35.6 Å². The van der Waals surface area contributed by atoms with Crippen LogP contribution in [0.25, 0.3) is 17.2 Å². The van der Waals surface area contributed by atoms with E-state index in [2.05, 4.69) is 15.6 Å². The van der Waals surface area contributed by atoms with E-state index in [4.69, 9.17) is 4.42 Å². The average Bonchev–Trinajstić information content (AvgIpc) is 3.53. The second-order valence-electron chi connectivity index (χ2n) is 10.8. The quantitative estimate of drug-likeness (QED) is 0.0990. The van der Waals surface area contributed by atoms with Gasteiger partial charge in [0, 0.05) is 24.6 Å².